The molecular formula is C24H28N2O4. The van der Waals surface area contributed by atoms with Crippen LogP contribution >= 0.6 is 0 Å². The smallest absolute Gasteiger partial charge is 0.257 e. The average Bonchev–Trinajstić information content (AvgIpc) is 2.79. The van der Waals surface area contributed by atoms with Crippen LogP contribution in [0.25, 0.3) is 0 Å². The summed E-state index contributed by atoms with van der Waals surface area (Å²) < 4.78 is 10.9. The first-order valence-electron chi connectivity index (χ1n) is 10.6. The lowest BCUT2D eigenvalue weighted by atomic mass is 9.95. The molecule has 158 valence electrons. The lowest BCUT2D eigenvalue weighted by Gasteiger charge is -2.41. The number of para-hydroxylation sites is 1. The third-order valence-corrected chi connectivity index (χ3v) is 5.96. The minimum atomic E-state index is -0.0371. The number of hydrogen-bond donors (Lipinski definition) is 0. The number of ether oxygens (including phenoxy) is 2. The summed E-state index contributed by atoms with van der Waals surface area (Å²) in [5.41, 5.74) is 2.82. The highest BCUT2D eigenvalue weighted by atomic mass is 16.5. The Kier molecular flexibility index (Phi) is 5.93. The zero-order valence-electron chi connectivity index (χ0n) is 17.6. The Morgan fingerprint density at radius 3 is 2.60 bits per heavy atom. The number of rotatable bonds is 5. The minimum Gasteiger partial charge on any atom is -0.497 e. The van der Waals surface area contributed by atoms with Gasteiger partial charge in [-0.1, -0.05) is 18.2 Å². The molecule has 2 aromatic carbocycles. The molecule has 0 unspecified atom stereocenters. The number of methoxy groups -OCH3 is 1. The highest BCUT2D eigenvalue weighted by Gasteiger charge is 2.34. The number of aryl methyl sites for hydroxylation is 1. The fourth-order valence-corrected chi connectivity index (χ4v) is 4.43. The molecule has 0 radical (unpaired) electrons. The zero-order chi connectivity index (χ0) is 21.1. The molecule has 2 amide bonds. The summed E-state index contributed by atoms with van der Waals surface area (Å²) in [6, 6.07) is 13.6. The van der Waals surface area contributed by atoms with Gasteiger partial charge in [-0.3, -0.25) is 9.59 Å². The Morgan fingerprint density at radius 1 is 1.10 bits per heavy atom. The lowest BCUT2D eigenvalue weighted by molar-refractivity contribution is -0.119. The molecule has 2 heterocycles. The molecule has 0 aliphatic carbocycles. The highest BCUT2D eigenvalue weighted by molar-refractivity contribution is 5.98. The molecule has 0 N–H and O–H groups in total. The van der Waals surface area contributed by atoms with Gasteiger partial charge in [0.1, 0.15) is 11.5 Å². The van der Waals surface area contributed by atoms with E-state index in [2.05, 4.69) is 6.07 Å². The molecule has 2 aliphatic rings. The Bertz CT molecular complexity index is 935. The van der Waals surface area contributed by atoms with Gasteiger partial charge in [-0.25, -0.2) is 0 Å². The third kappa shape index (κ3) is 3.86. The summed E-state index contributed by atoms with van der Waals surface area (Å²) >= 11 is 0. The van der Waals surface area contributed by atoms with Crippen LogP contribution in [0.5, 0.6) is 11.5 Å². The first-order valence-corrected chi connectivity index (χ1v) is 10.6. The van der Waals surface area contributed by atoms with Crippen molar-refractivity contribution in [2.24, 2.45) is 0 Å². The van der Waals surface area contributed by atoms with Gasteiger partial charge in [-0.2, -0.15) is 0 Å². The van der Waals surface area contributed by atoms with Crippen molar-refractivity contribution in [2.75, 3.05) is 31.7 Å². The first-order chi connectivity index (χ1) is 14.6. The second-order valence-electron chi connectivity index (χ2n) is 7.71. The van der Waals surface area contributed by atoms with Crippen molar-refractivity contribution in [3.63, 3.8) is 0 Å². The molecule has 1 saturated heterocycles. The molecule has 0 bridgehead atoms. The second kappa shape index (κ2) is 8.78. The second-order valence-corrected chi connectivity index (χ2v) is 7.71. The van der Waals surface area contributed by atoms with Crippen LogP contribution in [0.3, 0.4) is 0 Å². The van der Waals surface area contributed by atoms with E-state index in [4.69, 9.17) is 9.47 Å². The van der Waals surface area contributed by atoms with Crippen molar-refractivity contribution in [1.29, 1.82) is 0 Å². The van der Waals surface area contributed by atoms with E-state index in [0.717, 1.165) is 24.9 Å². The molecule has 0 aromatic heterocycles. The van der Waals surface area contributed by atoms with Gasteiger partial charge in [0.15, 0.2) is 0 Å². The normalized spacial score (nSPS) is 16.9. The van der Waals surface area contributed by atoms with Crippen LogP contribution in [0.15, 0.2) is 42.5 Å². The number of nitrogens with zero attached hydrogens (tertiary/aromatic N) is 2. The molecule has 1 fully saturated rings. The fraction of sp³-hybridized carbons (Fsp3) is 0.417. The van der Waals surface area contributed by atoms with Crippen molar-refractivity contribution in [3.05, 3.63) is 53.6 Å². The third-order valence-electron chi connectivity index (χ3n) is 5.96. The van der Waals surface area contributed by atoms with Gasteiger partial charge in [0.05, 0.1) is 19.3 Å². The number of hydrogen-bond acceptors (Lipinski definition) is 4. The van der Waals surface area contributed by atoms with Gasteiger partial charge >= 0.3 is 0 Å². The van der Waals surface area contributed by atoms with Gasteiger partial charge in [0, 0.05) is 37.3 Å². The Morgan fingerprint density at radius 2 is 1.87 bits per heavy atom. The number of anilines is 1. The quantitative estimate of drug-likeness (QED) is 0.757. The maximum Gasteiger partial charge on any atom is 0.257 e. The monoisotopic (exact) mass is 408 g/mol. The minimum absolute atomic E-state index is 0.0371. The average molecular weight is 408 g/mol. The number of benzene rings is 2. The Labute approximate surface area is 177 Å². The number of carbonyl (C=O) groups is 2. The van der Waals surface area contributed by atoms with Gasteiger partial charge in [0.2, 0.25) is 5.91 Å². The van der Waals surface area contributed by atoms with E-state index < -0.39 is 0 Å². The first kappa shape index (κ1) is 20.3. The Hall–Kier alpha value is -3.02. The lowest BCUT2D eigenvalue weighted by Crippen LogP contribution is -2.50. The van der Waals surface area contributed by atoms with Crippen LogP contribution in [0.2, 0.25) is 0 Å². The van der Waals surface area contributed by atoms with Gasteiger partial charge in [-0.15, -0.1) is 0 Å². The summed E-state index contributed by atoms with van der Waals surface area (Å²) in [7, 11) is 1.59. The van der Waals surface area contributed by atoms with Crippen molar-refractivity contribution >= 4 is 17.5 Å². The Balaban J connectivity index is 1.48. The number of amides is 2. The topological polar surface area (TPSA) is 59.1 Å². The zero-order valence-corrected chi connectivity index (χ0v) is 17.6. The van der Waals surface area contributed by atoms with Crippen molar-refractivity contribution < 1.29 is 19.1 Å². The number of likely N-dealkylation sites (tertiary alicyclic amines) is 1. The van der Waals surface area contributed by atoms with E-state index >= 15 is 0 Å². The van der Waals surface area contributed by atoms with Gasteiger partial charge in [0.25, 0.3) is 5.91 Å². The highest BCUT2D eigenvalue weighted by Crippen LogP contribution is 2.33. The van der Waals surface area contributed by atoms with Crippen LogP contribution in [-0.2, 0) is 11.2 Å². The van der Waals surface area contributed by atoms with Crippen molar-refractivity contribution in [2.45, 2.75) is 38.6 Å². The number of carbonyl (C=O) groups excluding carboxylic acids is 2. The van der Waals surface area contributed by atoms with Crippen molar-refractivity contribution in [3.8, 4) is 11.5 Å². The molecule has 4 rings (SSSR count). The summed E-state index contributed by atoms with van der Waals surface area (Å²) in [5, 5.41) is 0. The fourth-order valence-electron chi connectivity index (χ4n) is 4.43. The summed E-state index contributed by atoms with van der Waals surface area (Å²) in [5.74, 6) is 1.36. The SMILES string of the molecule is CCOc1cc(OC)ccc1C(=O)N1CCC(N2C(=O)CCc3ccccc32)CC1. The van der Waals surface area contributed by atoms with E-state index in [-0.39, 0.29) is 17.9 Å². The summed E-state index contributed by atoms with van der Waals surface area (Å²) in [6.07, 6.45) is 2.90. The van der Waals surface area contributed by atoms with Crippen LogP contribution < -0.4 is 14.4 Å². The number of piperidine rings is 1. The molecule has 2 aromatic rings. The van der Waals surface area contributed by atoms with E-state index in [0.29, 0.717) is 43.2 Å². The number of fused-ring (bicyclic) bond motifs is 1. The van der Waals surface area contributed by atoms with Crippen LogP contribution in [0, 0.1) is 0 Å². The van der Waals surface area contributed by atoms with E-state index in [1.807, 2.05) is 34.9 Å². The molecule has 6 nitrogen and oxygen atoms in total. The summed E-state index contributed by atoms with van der Waals surface area (Å²) in [4.78, 5) is 29.7. The molecule has 0 atom stereocenters. The maximum absolute atomic E-state index is 13.2. The standard InChI is InChI=1S/C24H28N2O4/c1-3-30-22-16-19(29-2)9-10-20(22)24(28)25-14-12-18(13-15-25)26-21-7-5-4-6-17(21)8-11-23(26)27/h4-7,9-10,16,18H,3,8,11-15H2,1-2H3. The molecule has 2 aliphatic heterocycles. The molecule has 0 spiro atoms. The molecule has 6 heteroatoms. The van der Waals surface area contributed by atoms with Crippen LogP contribution in [-0.4, -0.2) is 49.6 Å². The molecule has 30 heavy (non-hydrogen) atoms. The van der Waals surface area contributed by atoms with Crippen LogP contribution in [0.1, 0.15) is 42.1 Å². The summed E-state index contributed by atoms with van der Waals surface area (Å²) in [6.45, 7) is 3.61. The van der Waals surface area contributed by atoms with E-state index in [1.165, 1.54) is 5.56 Å². The van der Waals surface area contributed by atoms with Crippen LogP contribution in [0.4, 0.5) is 5.69 Å². The largest absolute Gasteiger partial charge is 0.497 e. The van der Waals surface area contributed by atoms with Gasteiger partial charge in [-0.05, 0) is 49.9 Å². The van der Waals surface area contributed by atoms with E-state index in [1.54, 1.807) is 25.3 Å². The maximum atomic E-state index is 13.2. The predicted molar refractivity (Wildman–Crippen MR) is 115 cm³/mol. The molecular weight excluding hydrogens is 380 g/mol. The van der Waals surface area contributed by atoms with Crippen molar-refractivity contribution in [1.82, 2.24) is 4.90 Å². The predicted octanol–water partition coefficient (Wildman–Crippen LogP) is 3.68. The van der Waals surface area contributed by atoms with Gasteiger partial charge < -0.3 is 19.3 Å². The van der Waals surface area contributed by atoms with E-state index in [9.17, 15) is 9.59 Å². The molecule has 0 saturated carbocycles.